The zero-order valence-electron chi connectivity index (χ0n) is 10.2. The number of aryl methyl sites for hydroxylation is 2. The third kappa shape index (κ3) is 3.93. The first kappa shape index (κ1) is 14.3. The van der Waals surface area contributed by atoms with Gasteiger partial charge in [0.25, 0.3) is 0 Å². The number of hydrogen-bond acceptors (Lipinski definition) is 3. The zero-order valence-corrected chi connectivity index (χ0v) is 12.6. The Kier molecular flexibility index (Phi) is 4.80. The molecule has 6 heteroatoms. The lowest BCUT2D eigenvalue weighted by molar-refractivity contribution is -0.116. The quantitative estimate of drug-likeness (QED) is 0.912. The number of nitrogens with one attached hydrogen (secondary N) is 1. The van der Waals surface area contributed by atoms with Crippen LogP contribution >= 0.6 is 34.5 Å². The molecule has 2 rings (SSSR count). The smallest absolute Gasteiger partial charge is 0.226 e. The first-order valence-electron chi connectivity index (χ1n) is 5.71. The van der Waals surface area contributed by atoms with Gasteiger partial charge in [-0.15, -0.1) is 11.3 Å². The van der Waals surface area contributed by atoms with Gasteiger partial charge in [-0.05, 0) is 25.0 Å². The van der Waals surface area contributed by atoms with Gasteiger partial charge in [-0.2, -0.15) is 0 Å². The molecule has 0 aliphatic heterocycles. The predicted octanol–water partition coefficient (Wildman–Crippen LogP) is 4.33. The van der Waals surface area contributed by atoms with Crippen molar-refractivity contribution in [3.63, 3.8) is 0 Å². The molecular weight excluding hydrogens is 303 g/mol. The van der Waals surface area contributed by atoms with Gasteiger partial charge in [0, 0.05) is 17.5 Å². The Morgan fingerprint density at radius 1 is 1.42 bits per heavy atom. The van der Waals surface area contributed by atoms with E-state index in [1.54, 1.807) is 12.3 Å². The van der Waals surface area contributed by atoms with Crippen molar-refractivity contribution >= 4 is 45.6 Å². The lowest BCUT2D eigenvalue weighted by atomic mass is 10.1. The van der Waals surface area contributed by atoms with E-state index in [0.29, 0.717) is 28.0 Å². The van der Waals surface area contributed by atoms with Gasteiger partial charge >= 0.3 is 0 Å². The number of rotatable bonds is 4. The number of hydrogen-bond donors (Lipinski definition) is 1. The zero-order chi connectivity index (χ0) is 13.8. The largest absolute Gasteiger partial charge is 0.302 e. The maximum Gasteiger partial charge on any atom is 0.226 e. The Morgan fingerprint density at radius 2 is 2.21 bits per heavy atom. The molecule has 1 aromatic carbocycles. The predicted molar refractivity (Wildman–Crippen MR) is 80.3 cm³/mol. The third-order valence-electron chi connectivity index (χ3n) is 2.52. The number of thiazole rings is 1. The van der Waals surface area contributed by atoms with Gasteiger partial charge in [0.05, 0.1) is 10.0 Å². The van der Waals surface area contributed by atoms with Crippen molar-refractivity contribution in [3.05, 3.63) is 44.9 Å². The summed E-state index contributed by atoms with van der Waals surface area (Å²) in [5.74, 6) is -0.0783. The van der Waals surface area contributed by atoms with E-state index in [4.69, 9.17) is 23.2 Å². The Labute approximate surface area is 125 Å². The second-order valence-corrected chi connectivity index (χ2v) is 6.06. The van der Waals surface area contributed by atoms with Crippen LogP contribution in [0.4, 0.5) is 5.13 Å². The molecule has 1 aromatic heterocycles. The van der Waals surface area contributed by atoms with Gasteiger partial charge < -0.3 is 5.32 Å². The van der Waals surface area contributed by atoms with E-state index in [9.17, 15) is 4.79 Å². The van der Waals surface area contributed by atoms with Crippen LogP contribution in [0.1, 0.15) is 16.9 Å². The minimum Gasteiger partial charge on any atom is -0.302 e. The van der Waals surface area contributed by atoms with Crippen molar-refractivity contribution in [3.8, 4) is 0 Å². The minimum absolute atomic E-state index is 0.0783. The monoisotopic (exact) mass is 314 g/mol. The molecule has 0 atom stereocenters. The highest BCUT2D eigenvalue weighted by Crippen LogP contribution is 2.26. The van der Waals surface area contributed by atoms with Crippen LogP contribution in [0.3, 0.4) is 0 Å². The van der Waals surface area contributed by atoms with Crippen molar-refractivity contribution in [1.82, 2.24) is 4.98 Å². The SMILES string of the molecule is Cc1cnc(NC(=O)CCc2cccc(Cl)c2Cl)s1. The van der Waals surface area contributed by atoms with Crippen LogP contribution in [0.2, 0.25) is 10.0 Å². The average molecular weight is 315 g/mol. The number of aromatic nitrogens is 1. The summed E-state index contributed by atoms with van der Waals surface area (Å²) in [6, 6.07) is 5.42. The van der Waals surface area contributed by atoms with Gasteiger partial charge in [0.2, 0.25) is 5.91 Å². The van der Waals surface area contributed by atoms with Crippen molar-refractivity contribution in [2.45, 2.75) is 19.8 Å². The lowest BCUT2D eigenvalue weighted by Crippen LogP contribution is -2.12. The number of nitrogens with zero attached hydrogens (tertiary/aromatic N) is 1. The van der Waals surface area contributed by atoms with Crippen LogP contribution in [-0.4, -0.2) is 10.9 Å². The fourth-order valence-electron chi connectivity index (χ4n) is 1.58. The summed E-state index contributed by atoms with van der Waals surface area (Å²) in [4.78, 5) is 16.9. The normalized spacial score (nSPS) is 10.5. The summed E-state index contributed by atoms with van der Waals surface area (Å²) in [5, 5.41) is 4.41. The summed E-state index contributed by atoms with van der Waals surface area (Å²) in [6.45, 7) is 1.94. The Morgan fingerprint density at radius 3 is 2.89 bits per heavy atom. The molecule has 0 fully saturated rings. The lowest BCUT2D eigenvalue weighted by Gasteiger charge is -2.05. The molecule has 0 spiro atoms. The minimum atomic E-state index is -0.0783. The summed E-state index contributed by atoms with van der Waals surface area (Å²) in [7, 11) is 0. The second-order valence-electron chi connectivity index (χ2n) is 4.04. The molecule has 0 unspecified atom stereocenters. The Hall–Kier alpha value is -1.10. The van der Waals surface area contributed by atoms with Crippen molar-refractivity contribution in [2.24, 2.45) is 0 Å². The van der Waals surface area contributed by atoms with Gasteiger partial charge in [-0.1, -0.05) is 35.3 Å². The first-order chi connectivity index (χ1) is 9.06. The van der Waals surface area contributed by atoms with E-state index in [2.05, 4.69) is 10.3 Å². The second kappa shape index (κ2) is 6.37. The summed E-state index contributed by atoms with van der Waals surface area (Å²) in [6.07, 6.45) is 2.63. The van der Waals surface area contributed by atoms with E-state index >= 15 is 0 Å². The fourth-order valence-corrected chi connectivity index (χ4v) is 2.68. The molecule has 3 nitrogen and oxygen atoms in total. The molecule has 1 heterocycles. The van der Waals surface area contributed by atoms with Gasteiger partial charge in [-0.3, -0.25) is 4.79 Å². The van der Waals surface area contributed by atoms with Crippen LogP contribution in [0.5, 0.6) is 0 Å². The number of halogens is 2. The molecule has 0 saturated heterocycles. The third-order valence-corrected chi connectivity index (χ3v) is 4.21. The first-order valence-corrected chi connectivity index (χ1v) is 7.28. The highest BCUT2D eigenvalue weighted by atomic mass is 35.5. The molecule has 0 aliphatic carbocycles. The molecule has 0 saturated carbocycles. The number of benzene rings is 1. The average Bonchev–Trinajstić information content (AvgIpc) is 2.76. The Bertz CT molecular complexity index is 598. The van der Waals surface area contributed by atoms with Gasteiger partial charge in [0.1, 0.15) is 0 Å². The highest BCUT2D eigenvalue weighted by molar-refractivity contribution is 7.15. The molecule has 1 amide bonds. The van der Waals surface area contributed by atoms with E-state index in [1.807, 2.05) is 19.1 Å². The summed E-state index contributed by atoms with van der Waals surface area (Å²) >= 11 is 13.4. The molecule has 0 aliphatic rings. The topological polar surface area (TPSA) is 42.0 Å². The van der Waals surface area contributed by atoms with Crippen molar-refractivity contribution in [1.29, 1.82) is 0 Å². The number of carbonyl (C=O) groups excluding carboxylic acids is 1. The molecule has 1 N–H and O–H groups in total. The summed E-state index contributed by atoms with van der Waals surface area (Å²) in [5.41, 5.74) is 0.875. The van der Waals surface area contributed by atoms with E-state index < -0.39 is 0 Å². The molecular formula is C13H12Cl2N2OS. The highest BCUT2D eigenvalue weighted by Gasteiger charge is 2.09. The number of amides is 1. The van der Waals surface area contributed by atoms with Gasteiger partial charge in [-0.25, -0.2) is 4.98 Å². The van der Waals surface area contributed by atoms with Crippen LogP contribution in [0, 0.1) is 6.92 Å². The summed E-state index contributed by atoms with van der Waals surface area (Å²) < 4.78 is 0. The number of anilines is 1. The van der Waals surface area contributed by atoms with Crippen molar-refractivity contribution < 1.29 is 4.79 Å². The van der Waals surface area contributed by atoms with E-state index in [-0.39, 0.29) is 5.91 Å². The van der Waals surface area contributed by atoms with Crippen LogP contribution in [0.25, 0.3) is 0 Å². The van der Waals surface area contributed by atoms with Crippen LogP contribution in [-0.2, 0) is 11.2 Å². The van der Waals surface area contributed by atoms with Gasteiger partial charge in [0.15, 0.2) is 5.13 Å². The number of carbonyl (C=O) groups is 1. The fraction of sp³-hybridized carbons (Fsp3) is 0.231. The maximum absolute atomic E-state index is 11.8. The van der Waals surface area contributed by atoms with Crippen LogP contribution < -0.4 is 5.32 Å². The molecule has 19 heavy (non-hydrogen) atoms. The molecule has 0 radical (unpaired) electrons. The molecule has 100 valence electrons. The van der Waals surface area contributed by atoms with E-state index in [1.165, 1.54) is 11.3 Å². The molecule has 2 aromatic rings. The Balaban J connectivity index is 1.91. The molecule has 0 bridgehead atoms. The maximum atomic E-state index is 11.8. The standard InChI is InChI=1S/C13H12Cl2N2OS/c1-8-7-16-13(19-8)17-11(18)6-5-9-3-2-4-10(14)12(9)15/h2-4,7H,5-6H2,1H3,(H,16,17,18). The van der Waals surface area contributed by atoms with E-state index in [0.717, 1.165) is 10.4 Å². The van der Waals surface area contributed by atoms with Crippen molar-refractivity contribution in [2.75, 3.05) is 5.32 Å². The van der Waals surface area contributed by atoms with Crippen LogP contribution in [0.15, 0.2) is 24.4 Å².